The molecule has 2 aromatic carbocycles. The number of fused-ring (bicyclic) bond motifs is 1. The molecule has 1 aliphatic heterocycles. The van der Waals surface area contributed by atoms with E-state index in [-0.39, 0.29) is 23.6 Å². The molecule has 8 heteroatoms. The highest BCUT2D eigenvalue weighted by atomic mass is 19.1. The highest BCUT2D eigenvalue weighted by Gasteiger charge is 2.34. The second-order valence-electron chi connectivity index (χ2n) is 9.89. The number of carbonyl (C=O) groups excluding carboxylic acids is 2. The topological polar surface area (TPSA) is 85.2 Å². The number of hydrogen-bond acceptors (Lipinski definition) is 4. The molecule has 0 aromatic heterocycles. The molecule has 4 rings (SSSR count). The lowest BCUT2D eigenvalue weighted by Gasteiger charge is -2.40. The van der Waals surface area contributed by atoms with Gasteiger partial charge in [0.15, 0.2) is 0 Å². The fourth-order valence-electron chi connectivity index (χ4n) is 5.29. The summed E-state index contributed by atoms with van der Waals surface area (Å²) in [6.07, 6.45) is 4.69. The molecule has 2 N–H and O–H groups in total. The summed E-state index contributed by atoms with van der Waals surface area (Å²) in [6.45, 7) is 2.26. The molecule has 0 saturated heterocycles. The molecule has 1 fully saturated rings. The number of hydrogen-bond donors (Lipinski definition) is 2. The molecule has 6 nitrogen and oxygen atoms in total. The first-order chi connectivity index (χ1) is 17.4. The van der Waals surface area contributed by atoms with Crippen LogP contribution in [0.1, 0.15) is 67.0 Å². The molecule has 0 spiro atoms. The predicted molar refractivity (Wildman–Crippen MR) is 132 cm³/mol. The number of alkyl halides is 1. The molecule has 0 bridgehead atoms. The molecule has 1 unspecified atom stereocenters. The first-order valence-electron chi connectivity index (χ1n) is 12.6. The van der Waals surface area contributed by atoms with Crippen LogP contribution in [0.2, 0.25) is 0 Å². The summed E-state index contributed by atoms with van der Waals surface area (Å²) in [5.74, 6) is -1.75. The minimum Gasteiger partial charge on any atom is -0.349 e. The number of carbonyl (C=O) groups is 2. The molecule has 1 heterocycles. The van der Waals surface area contributed by atoms with Crippen LogP contribution in [0.25, 0.3) is 0 Å². The Balaban J connectivity index is 1.30. The molecule has 1 atom stereocenters. The van der Waals surface area contributed by atoms with E-state index in [1.54, 1.807) is 0 Å². The van der Waals surface area contributed by atoms with Gasteiger partial charge in [-0.15, -0.1) is 0 Å². The second-order valence-corrected chi connectivity index (χ2v) is 9.89. The molecule has 1 aliphatic carbocycles. The van der Waals surface area contributed by atoms with E-state index in [0.29, 0.717) is 5.56 Å². The maximum absolute atomic E-state index is 14.4. The number of amides is 2. The van der Waals surface area contributed by atoms with Gasteiger partial charge in [0.2, 0.25) is 12.1 Å². The van der Waals surface area contributed by atoms with Crippen molar-refractivity contribution in [3.63, 3.8) is 0 Å². The predicted octanol–water partition coefficient (Wildman–Crippen LogP) is 4.09. The van der Waals surface area contributed by atoms with Crippen molar-refractivity contribution in [1.82, 2.24) is 15.5 Å². The van der Waals surface area contributed by atoms with Gasteiger partial charge in [0.25, 0.3) is 5.91 Å². The van der Waals surface area contributed by atoms with Gasteiger partial charge < -0.3 is 10.6 Å². The van der Waals surface area contributed by atoms with Gasteiger partial charge >= 0.3 is 0 Å². The van der Waals surface area contributed by atoms with Gasteiger partial charge in [0, 0.05) is 25.2 Å². The lowest BCUT2D eigenvalue weighted by Crippen LogP contribution is -2.54. The Morgan fingerprint density at radius 2 is 1.83 bits per heavy atom. The van der Waals surface area contributed by atoms with Gasteiger partial charge in [-0.2, -0.15) is 5.26 Å². The normalized spacial score (nSPS) is 17.9. The molecular formula is C28H32F2N4O2. The van der Waals surface area contributed by atoms with E-state index in [1.807, 2.05) is 18.2 Å². The van der Waals surface area contributed by atoms with Crippen molar-refractivity contribution in [3.8, 4) is 6.07 Å². The van der Waals surface area contributed by atoms with Crippen molar-refractivity contribution in [2.24, 2.45) is 0 Å². The van der Waals surface area contributed by atoms with Crippen LogP contribution in [0.5, 0.6) is 0 Å². The Morgan fingerprint density at radius 1 is 1.08 bits per heavy atom. The zero-order valence-electron chi connectivity index (χ0n) is 20.4. The van der Waals surface area contributed by atoms with Crippen LogP contribution >= 0.6 is 0 Å². The summed E-state index contributed by atoms with van der Waals surface area (Å²) in [5, 5.41) is 14.7. The van der Waals surface area contributed by atoms with E-state index in [1.165, 1.54) is 23.3 Å². The Labute approximate surface area is 210 Å². The Morgan fingerprint density at radius 3 is 2.56 bits per heavy atom. The standard InChI is InChI=1S/C28H32F2N4O2/c29-24-8-6-21(7-9-24)26(30)27(36)32-18-25(35)33-28(11-2-1-3-12-28)13-15-34-14-10-22-16-20(17-31)4-5-23(22)19-34/h4-9,16,26H,1-3,10-15,18-19H2,(H,32,36)(H,33,35). The second kappa shape index (κ2) is 11.6. The van der Waals surface area contributed by atoms with Crippen molar-refractivity contribution in [1.29, 1.82) is 5.26 Å². The maximum Gasteiger partial charge on any atom is 0.259 e. The van der Waals surface area contributed by atoms with E-state index in [2.05, 4.69) is 21.6 Å². The lowest BCUT2D eigenvalue weighted by atomic mass is 9.79. The highest BCUT2D eigenvalue weighted by Crippen LogP contribution is 2.32. The molecule has 2 aromatic rings. The van der Waals surface area contributed by atoms with E-state index in [9.17, 15) is 18.4 Å². The van der Waals surface area contributed by atoms with Gasteiger partial charge in [0.05, 0.1) is 18.2 Å². The Hall–Kier alpha value is -3.31. The van der Waals surface area contributed by atoms with Gasteiger partial charge in [-0.3, -0.25) is 14.5 Å². The smallest absolute Gasteiger partial charge is 0.259 e. The molecular weight excluding hydrogens is 462 g/mol. The summed E-state index contributed by atoms with van der Waals surface area (Å²) in [4.78, 5) is 27.3. The van der Waals surface area contributed by atoms with Crippen LogP contribution in [0.15, 0.2) is 42.5 Å². The lowest BCUT2D eigenvalue weighted by molar-refractivity contribution is -0.130. The zero-order valence-corrected chi connectivity index (χ0v) is 20.4. The summed E-state index contributed by atoms with van der Waals surface area (Å²) in [6, 6.07) is 12.7. The Bertz CT molecular complexity index is 1120. The summed E-state index contributed by atoms with van der Waals surface area (Å²) in [7, 11) is 0. The first kappa shape index (κ1) is 25.8. The number of benzene rings is 2. The van der Waals surface area contributed by atoms with Crippen molar-refractivity contribution in [3.05, 3.63) is 70.5 Å². The SMILES string of the molecule is N#Cc1ccc2c(c1)CCN(CCC1(NC(=O)CNC(=O)C(F)c3ccc(F)cc3)CCCCC1)C2. The fourth-order valence-corrected chi connectivity index (χ4v) is 5.29. The van der Waals surface area contributed by atoms with Gasteiger partial charge in [-0.05, 0) is 66.6 Å². The van der Waals surface area contributed by atoms with Crippen LogP contribution in [0, 0.1) is 17.1 Å². The number of nitrogens with zero attached hydrogens (tertiary/aromatic N) is 2. The molecule has 36 heavy (non-hydrogen) atoms. The van der Waals surface area contributed by atoms with Crippen LogP contribution < -0.4 is 10.6 Å². The van der Waals surface area contributed by atoms with Crippen molar-refractivity contribution < 1.29 is 18.4 Å². The molecule has 190 valence electrons. The molecule has 2 amide bonds. The maximum atomic E-state index is 14.4. The third-order valence-electron chi connectivity index (χ3n) is 7.36. The van der Waals surface area contributed by atoms with Crippen LogP contribution in [-0.4, -0.2) is 41.9 Å². The van der Waals surface area contributed by atoms with Gasteiger partial charge in [-0.25, -0.2) is 8.78 Å². The number of rotatable bonds is 8. The van der Waals surface area contributed by atoms with Crippen LogP contribution in [-0.2, 0) is 22.6 Å². The molecule has 1 saturated carbocycles. The van der Waals surface area contributed by atoms with Crippen molar-refractivity contribution >= 4 is 11.8 Å². The van der Waals surface area contributed by atoms with Gasteiger partial charge in [0.1, 0.15) is 5.82 Å². The third-order valence-corrected chi connectivity index (χ3v) is 7.36. The van der Waals surface area contributed by atoms with Crippen LogP contribution in [0.3, 0.4) is 0 Å². The van der Waals surface area contributed by atoms with E-state index >= 15 is 0 Å². The third kappa shape index (κ3) is 6.46. The van der Waals surface area contributed by atoms with Crippen molar-refractivity contribution in [2.75, 3.05) is 19.6 Å². The summed E-state index contributed by atoms with van der Waals surface area (Å²) >= 11 is 0. The average Bonchev–Trinajstić information content (AvgIpc) is 2.90. The fraction of sp³-hybridized carbons (Fsp3) is 0.464. The molecule has 0 radical (unpaired) electrons. The number of halogens is 2. The monoisotopic (exact) mass is 494 g/mol. The molecule has 2 aliphatic rings. The largest absolute Gasteiger partial charge is 0.349 e. The Kier molecular flexibility index (Phi) is 8.32. The minimum absolute atomic E-state index is 0.0463. The first-order valence-corrected chi connectivity index (χ1v) is 12.6. The number of nitriles is 1. The van der Waals surface area contributed by atoms with E-state index in [4.69, 9.17) is 5.26 Å². The average molecular weight is 495 g/mol. The number of nitrogens with one attached hydrogen (secondary N) is 2. The van der Waals surface area contributed by atoms with Gasteiger partial charge in [-0.1, -0.05) is 37.5 Å². The quantitative estimate of drug-likeness (QED) is 0.579. The van der Waals surface area contributed by atoms with E-state index in [0.717, 1.165) is 76.7 Å². The van der Waals surface area contributed by atoms with E-state index < -0.39 is 17.9 Å². The van der Waals surface area contributed by atoms with Crippen LogP contribution in [0.4, 0.5) is 8.78 Å². The minimum atomic E-state index is -1.96. The summed E-state index contributed by atoms with van der Waals surface area (Å²) < 4.78 is 27.5. The van der Waals surface area contributed by atoms with Crippen molar-refractivity contribution in [2.45, 2.75) is 63.2 Å². The summed E-state index contributed by atoms with van der Waals surface area (Å²) in [5.41, 5.74) is 2.87. The zero-order chi connectivity index (χ0) is 25.5. The highest BCUT2D eigenvalue weighted by molar-refractivity contribution is 5.87.